The lowest BCUT2D eigenvalue weighted by molar-refractivity contribution is 0.103. The number of nitrogens with zero attached hydrogens (tertiary/aromatic N) is 1. The maximum atomic E-state index is 15.3. The van der Waals surface area contributed by atoms with Gasteiger partial charge in [-0.1, -0.05) is 6.92 Å². The molecule has 1 aromatic rings. The molecule has 2 aliphatic rings. The number of sulfonamides is 1. The second-order valence-electron chi connectivity index (χ2n) is 5.49. The summed E-state index contributed by atoms with van der Waals surface area (Å²) in [7, 11) is -4.63. The SMILES string of the molecule is [2H]c1nc2[nH]c([2H])c(C)c([2H])c-2c1C(=O)c1c(F)c([2H])c([2H])c(NS(=O)(=O)CC([2H])([2H])C)c1F. The molecular weight excluding hydrogens is 376 g/mol. The number of benzene rings is 1. The number of aromatic nitrogens is 2. The fraction of sp³-hybridized carbons (Fsp3) is 0.222. The number of fused-ring (bicyclic) bond motifs is 1. The van der Waals surface area contributed by atoms with Crippen LogP contribution in [0.5, 0.6) is 0 Å². The van der Waals surface area contributed by atoms with Crippen LogP contribution in [0.4, 0.5) is 14.5 Å². The molecule has 1 aromatic carbocycles. The lowest BCUT2D eigenvalue weighted by atomic mass is 9.99. The van der Waals surface area contributed by atoms with E-state index in [-0.39, 0.29) is 23.1 Å². The highest BCUT2D eigenvalue weighted by Gasteiger charge is 2.27. The van der Waals surface area contributed by atoms with E-state index in [1.54, 1.807) is 4.72 Å². The van der Waals surface area contributed by atoms with Crippen LogP contribution in [0.2, 0.25) is 0 Å². The number of anilines is 1. The Bertz CT molecular complexity index is 1420. The van der Waals surface area contributed by atoms with Crippen LogP contribution in [0.1, 0.15) is 44.4 Å². The van der Waals surface area contributed by atoms with Crippen molar-refractivity contribution < 1.29 is 31.6 Å². The van der Waals surface area contributed by atoms with E-state index < -0.39 is 80.7 Å². The molecule has 0 atom stereocenters. The van der Waals surface area contributed by atoms with Crippen molar-refractivity contribution in [3.05, 3.63) is 58.8 Å². The molecule has 0 fully saturated rings. The number of H-pyrrole nitrogens is 1. The normalized spacial score (nSPS) is 15.9. The maximum Gasteiger partial charge on any atom is 0.232 e. The topological polar surface area (TPSA) is 91.9 Å². The van der Waals surface area contributed by atoms with Gasteiger partial charge in [-0.3, -0.25) is 9.52 Å². The van der Waals surface area contributed by atoms with Gasteiger partial charge in [-0.2, -0.15) is 0 Å². The number of rotatable bonds is 6. The highest BCUT2D eigenvalue weighted by molar-refractivity contribution is 7.92. The third-order valence-electron chi connectivity index (χ3n) is 3.45. The van der Waals surface area contributed by atoms with Gasteiger partial charge in [-0.25, -0.2) is 22.2 Å². The zero-order chi connectivity index (χ0) is 25.9. The minimum absolute atomic E-state index is 0.0554. The lowest BCUT2D eigenvalue weighted by Gasteiger charge is -2.11. The fourth-order valence-electron chi connectivity index (χ4n) is 2.32. The van der Waals surface area contributed by atoms with Gasteiger partial charge in [0.2, 0.25) is 15.8 Å². The number of carbonyl (C=O) groups excluding carboxylic acids is 1. The van der Waals surface area contributed by atoms with Gasteiger partial charge < -0.3 is 4.98 Å². The van der Waals surface area contributed by atoms with Gasteiger partial charge in [0.05, 0.1) is 29.4 Å². The number of ketones is 1. The van der Waals surface area contributed by atoms with Crippen molar-refractivity contribution >= 4 is 21.5 Å². The first-order valence-electron chi connectivity index (χ1n) is 11.0. The summed E-state index contributed by atoms with van der Waals surface area (Å²) in [5, 5.41) is 0. The third-order valence-corrected chi connectivity index (χ3v) is 4.63. The van der Waals surface area contributed by atoms with Crippen molar-refractivity contribution in [2.45, 2.75) is 20.2 Å². The molecule has 2 heterocycles. The molecule has 2 aliphatic heterocycles. The van der Waals surface area contributed by atoms with Crippen LogP contribution in [0.25, 0.3) is 11.4 Å². The smallest absolute Gasteiger partial charge is 0.232 e. The summed E-state index contributed by atoms with van der Waals surface area (Å²) in [5.74, 6) is -6.56. The first kappa shape index (κ1) is 11.8. The van der Waals surface area contributed by atoms with E-state index in [1.807, 2.05) is 0 Å². The molecule has 27 heavy (non-hydrogen) atoms. The van der Waals surface area contributed by atoms with Gasteiger partial charge in [-0.15, -0.1) is 0 Å². The Hall–Kier alpha value is -2.81. The Morgan fingerprint density at radius 2 is 2.15 bits per heavy atom. The van der Waals surface area contributed by atoms with Crippen molar-refractivity contribution in [1.82, 2.24) is 9.97 Å². The molecule has 0 amide bonds. The molecule has 0 saturated carbocycles. The van der Waals surface area contributed by atoms with E-state index in [2.05, 4.69) is 9.97 Å². The van der Waals surface area contributed by atoms with Crippen molar-refractivity contribution in [2.24, 2.45) is 0 Å². The molecule has 6 nitrogen and oxygen atoms in total. The Morgan fingerprint density at radius 1 is 1.41 bits per heavy atom. The van der Waals surface area contributed by atoms with Crippen molar-refractivity contribution in [2.75, 3.05) is 10.5 Å². The van der Waals surface area contributed by atoms with Crippen LogP contribution in [-0.4, -0.2) is 29.9 Å². The summed E-state index contributed by atoms with van der Waals surface area (Å²) in [5.41, 5.74) is -3.65. The van der Waals surface area contributed by atoms with Crippen molar-refractivity contribution in [3.8, 4) is 11.4 Å². The summed E-state index contributed by atoms with van der Waals surface area (Å²) < 4.78 is 110. The molecule has 0 unspecified atom stereocenters. The Kier molecular flexibility index (Phi) is 3.09. The lowest BCUT2D eigenvalue weighted by Crippen LogP contribution is -2.18. The Balaban J connectivity index is 2.25. The van der Waals surface area contributed by atoms with E-state index >= 15 is 4.39 Å². The maximum absolute atomic E-state index is 15.3. The molecular formula is C18H17F2N3O3S. The highest BCUT2D eigenvalue weighted by atomic mass is 32.2. The molecule has 0 spiro atoms. The van der Waals surface area contributed by atoms with Crippen LogP contribution in [-0.2, 0) is 10.0 Å². The van der Waals surface area contributed by atoms with Crippen LogP contribution >= 0.6 is 0 Å². The molecule has 0 aliphatic carbocycles. The Labute approximate surface area is 164 Å². The monoisotopic (exact) mass is 400 g/mol. The average Bonchev–Trinajstić information content (AvgIpc) is 3.02. The molecule has 0 saturated heterocycles. The number of nitrogens with one attached hydrogen (secondary N) is 2. The predicted octanol–water partition coefficient (Wildman–Crippen LogP) is 3.48. The van der Waals surface area contributed by atoms with Gasteiger partial charge in [-0.05, 0) is 37.0 Å². The number of halogens is 2. The number of hydrogen-bond acceptors (Lipinski definition) is 4. The predicted molar refractivity (Wildman–Crippen MR) is 97.4 cm³/mol. The van der Waals surface area contributed by atoms with Gasteiger partial charge in [0.15, 0.2) is 5.82 Å². The first-order valence-corrected chi connectivity index (χ1v) is 9.11. The van der Waals surface area contributed by atoms with Gasteiger partial charge in [0, 0.05) is 20.7 Å². The summed E-state index contributed by atoms with van der Waals surface area (Å²) >= 11 is 0. The molecule has 2 N–H and O–H groups in total. The highest BCUT2D eigenvalue weighted by Crippen LogP contribution is 2.30. The van der Waals surface area contributed by atoms with Crippen LogP contribution < -0.4 is 4.72 Å². The second-order valence-corrected chi connectivity index (χ2v) is 7.22. The van der Waals surface area contributed by atoms with E-state index in [9.17, 15) is 17.6 Å². The number of hydrogen-bond donors (Lipinski definition) is 2. The number of aromatic amines is 1. The second kappa shape index (κ2) is 7.07. The Morgan fingerprint density at radius 3 is 2.85 bits per heavy atom. The summed E-state index contributed by atoms with van der Waals surface area (Å²) in [6.07, 6.45) is -3.27. The first-order chi connectivity index (χ1) is 15.5. The summed E-state index contributed by atoms with van der Waals surface area (Å²) in [6, 6.07) is -2.95. The molecule has 142 valence electrons. The third kappa shape index (κ3) is 3.68. The molecule has 3 rings (SSSR count). The van der Waals surface area contributed by atoms with Crippen molar-refractivity contribution in [1.29, 1.82) is 0 Å². The zero-order valence-corrected chi connectivity index (χ0v) is 14.9. The average molecular weight is 400 g/mol. The summed E-state index contributed by atoms with van der Waals surface area (Å²) in [6.45, 7) is 2.30. The van der Waals surface area contributed by atoms with Crippen molar-refractivity contribution in [3.63, 3.8) is 0 Å². The standard InChI is InChI=1S/C18H17F2N3O3S/c1-3-6-27(25,26)23-14-5-4-13(19)15(16(14)20)17(24)12-9-22-18-11(12)7-10(2)8-21-18/h4-5,7-9,23H,3,6H2,1-2H3,(H,21,22)/i3D2,4D,5D,7D,8D,9D. The van der Waals surface area contributed by atoms with E-state index in [4.69, 9.17) is 9.60 Å². The van der Waals surface area contributed by atoms with Crippen LogP contribution in [0.15, 0.2) is 30.5 Å². The number of carbonyl (C=O) groups is 1. The molecule has 0 bridgehead atoms. The van der Waals surface area contributed by atoms with Crippen LogP contribution in [0.3, 0.4) is 0 Å². The van der Waals surface area contributed by atoms with E-state index in [0.29, 0.717) is 0 Å². The molecule has 9 heteroatoms. The quantitative estimate of drug-likeness (QED) is 0.620. The largest absolute Gasteiger partial charge is 0.346 e. The van der Waals surface area contributed by atoms with Crippen LogP contribution in [0, 0.1) is 18.6 Å². The van der Waals surface area contributed by atoms with E-state index in [0.717, 1.165) is 6.92 Å². The molecule has 0 radical (unpaired) electrons. The minimum atomic E-state index is -4.63. The summed E-state index contributed by atoms with van der Waals surface area (Å²) in [4.78, 5) is 19.4. The van der Waals surface area contributed by atoms with Gasteiger partial charge in [0.1, 0.15) is 11.6 Å². The van der Waals surface area contributed by atoms with Gasteiger partial charge >= 0.3 is 0 Å². The minimum Gasteiger partial charge on any atom is -0.346 e. The van der Waals surface area contributed by atoms with Gasteiger partial charge in [0.25, 0.3) is 0 Å². The fourth-order valence-corrected chi connectivity index (χ4v) is 3.23. The zero-order valence-electron chi connectivity index (χ0n) is 21.0. The van der Waals surface area contributed by atoms with E-state index in [1.165, 1.54) is 6.92 Å². The number of pyridine rings is 1. The molecule has 0 aromatic heterocycles.